The molecule has 0 saturated heterocycles. The maximum absolute atomic E-state index is 13.8. The number of halogens is 2. The number of ketones is 1. The lowest BCUT2D eigenvalue weighted by molar-refractivity contribution is -0.121. The smallest absolute Gasteiger partial charge is 0.299 e. The van der Waals surface area contributed by atoms with E-state index in [1.54, 1.807) is 0 Å². The van der Waals surface area contributed by atoms with Crippen LogP contribution in [-0.2, 0) is 9.59 Å². The van der Waals surface area contributed by atoms with E-state index < -0.39 is 23.3 Å². The Hall–Kier alpha value is -2.31. The summed E-state index contributed by atoms with van der Waals surface area (Å²) in [6, 6.07) is 1.64. The Morgan fingerprint density at radius 2 is 2.00 bits per heavy atom. The van der Waals surface area contributed by atoms with Crippen molar-refractivity contribution in [3.63, 3.8) is 0 Å². The van der Waals surface area contributed by atoms with Gasteiger partial charge in [0, 0.05) is 25.1 Å². The first-order valence-corrected chi connectivity index (χ1v) is 6.62. The molecular formula is C14H12F2N2O3. The van der Waals surface area contributed by atoms with E-state index >= 15 is 0 Å². The quantitative estimate of drug-likeness (QED) is 0.848. The van der Waals surface area contributed by atoms with Gasteiger partial charge in [-0.05, 0) is 18.9 Å². The third-order valence-corrected chi connectivity index (χ3v) is 3.49. The molecular weight excluding hydrogens is 282 g/mol. The van der Waals surface area contributed by atoms with Gasteiger partial charge in [0.05, 0.1) is 11.3 Å². The highest BCUT2D eigenvalue weighted by Gasteiger charge is 2.38. The van der Waals surface area contributed by atoms with E-state index in [9.17, 15) is 23.2 Å². The van der Waals surface area contributed by atoms with Crippen LogP contribution in [-0.4, -0.2) is 30.2 Å². The van der Waals surface area contributed by atoms with Crippen molar-refractivity contribution in [3.8, 4) is 0 Å². The number of amides is 2. The fourth-order valence-corrected chi connectivity index (χ4v) is 2.31. The van der Waals surface area contributed by atoms with Gasteiger partial charge in [0.15, 0.2) is 5.82 Å². The standard InChI is InChI=1S/C14H12F2N2O3/c15-7-5-9-12(10(16)6-7)18(14(21)13(9)20)4-3-11(19)17-8-1-2-8/h5-6,8H,1-4H2,(H,17,19). The zero-order valence-electron chi connectivity index (χ0n) is 11.0. The molecule has 5 nitrogen and oxygen atoms in total. The summed E-state index contributed by atoms with van der Waals surface area (Å²) in [6.45, 7) is -0.112. The highest BCUT2D eigenvalue weighted by molar-refractivity contribution is 6.52. The SMILES string of the molecule is O=C(CCN1C(=O)C(=O)c2cc(F)cc(F)c21)NC1CC1. The minimum atomic E-state index is -0.980. The second-order valence-electron chi connectivity index (χ2n) is 5.16. The number of nitrogens with one attached hydrogen (secondary N) is 1. The largest absolute Gasteiger partial charge is 0.353 e. The average molecular weight is 294 g/mol. The van der Waals surface area contributed by atoms with Crippen LogP contribution in [0.5, 0.6) is 0 Å². The van der Waals surface area contributed by atoms with Gasteiger partial charge in [-0.15, -0.1) is 0 Å². The van der Waals surface area contributed by atoms with Crippen molar-refractivity contribution in [2.75, 3.05) is 11.4 Å². The summed E-state index contributed by atoms with van der Waals surface area (Å²) in [5.74, 6) is -4.04. The molecule has 0 unspecified atom stereocenters. The van der Waals surface area contributed by atoms with Gasteiger partial charge in [-0.3, -0.25) is 14.4 Å². The number of Topliss-reactive ketones (excluding diaryl/α,β-unsaturated/α-hetero) is 1. The summed E-state index contributed by atoms with van der Waals surface area (Å²) >= 11 is 0. The Labute approximate surface area is 118 Å². The molecule has 1 aliphatic carbocycles. The lowest BCUT2D eigenvalue weighted by Gasteiger charge is -2.16. The zero-order chi connectivity index (χ0) is 15.1. The number of carbonyl (C=O) groups excluding carboxylic acids is 3. The highest BCUT2D eigenvalue weighted by atomic mass is 19.1. The maximum atomic E-state index is 13.8. The number of hydrogen-bond donors (Lipinski definition) is 1. The lowest BCUT2D eigenvalue weighted by atomic mass is 10.1. The van der Waals surface area contributed by atoms with Crippen molar-refractivity contribution in [3.05, 3.63) is 29.3 Å². The number of hydrogen-bond acceptors (Lipinski definition) is 3. The van der Waals surface area contributed by atoms with Gasteiger partial charge in [0.1, 0.15) is 5.82 Å². The minimum Gasteiger partial charge on any atom is -0.353 e. The Morgan fingerprint density at radius 1 is 1.29 bits per heavy atom. The van der Waals surface area contributed by atoms with Crippen molar-refractivity contribution < 1.29 is 23.2 Å². The van der Waals surface area contributed by atoms with Gasteiger partial charge in [0.2, 0.25) is 5.91 Å². The molecule has 1 aromatic carbocycles. The summed E-state index contributed by atoms with van der Waals surface area (Å²) in [5, 5.41) is 2.74. The summed E-state index contributed by atoms with van der Waals surface area (Å²) in [5.41, 5.74) is -0.536. The van der Waals surface area contributed by atoms with Crippen molar-refractivity contribution in [2.24, 2.45) is 0 Å². The monoisotopic (exact) mass is 294 g/mol. The molecule has 2 amide bonds. The molecule has 3 rings (SSSR count). The second kappa shape index (κ2) is 4.91. The maximum Gasteiger partial charge on any atom is 0.299 e. The first kappa shape index (κ1) is 13.7. The van der Waals surface area contributed by atoms with Crippen LogP contribution in [0.25, 0.3) is 0 Å². The average Bonchev–Trinajstić information content (AvgIpc) is 3.18. The molecule has 1 aromatic rings. The van der Waals surface area contributed by atoms with Crippen molar-refractivity contribution in [1.29, 1.82) is 0 Å². The minimum absolute atomic E-state index is 0.0359. The molecule has 1 fully saturated rings. The van der Waals surface area contributed by atoms with Gasteiger partial charge < -0.3 is 10.2 Å². The normalized spacial score (nSPS) is 17.1. The molecule has 0 spiro atoms. The van der Waals surface area contributed by atoms with Crippen molar-refractivity contribution in [1.82, 2.24) is 5.32 Å². The third-order valence-electron chi connectivity index (χ3n) is 3.49. The summed E-state index contributed by atoms with van der Waals surface area (Å²) in [7, 11) is 0. The Morgan fingerprint density at radius 3 is 2.67 bits per heavy atom. The zero-order valence-corrected chi connectivity index (χ0v) is 11.0. The molecule has 0 aromatic heterocycles. The van der Waals surface area contributed by atoms with Gasteiger partial charge in [-0.1, -0.05) is 0 Å². The molecule has 21 heavy (non-hydrogen) atoms. The van der Waals surface area contributed by atoms with E-state index in [1.807, 2.05) is 0 Å². The van der Waals surface area contributed by atoms with E-state index in [0.717, 1.165) is 23.8 Å². The number of rotatable bonds is 4. The highest BCUT2D eigenvalue weighted by Crippen LogP contribution is 2.32. The molecule has 0 bridgehead atoms. The van der Waals surface area contributed by atoms with E-state index in [-0.39, 0.29) is 36.2 Å². The number of fused-ring (bicyclic) bond motifs is 1. The fourth-order valence-electron chi connectivity index (χ4n) is 2.31. The van der Waals surface area contributed by atoms with Crippen LogP contribution in [0.4, 0.5) is 14.5 Å². The van der Waals surface area contributed by atoms with Crippen LogP contribution in [0, 0.1) is 11.6 Å². The second-order valence-corrected chi connectivity index (χ2v) is 5.16. The fraction of sp³-hybridized carbons (Fsp3) is 0.357. The van der Waals surface area contributed by atoms with Crippen LogP contribution in [0.3, 0.4) is 0 Å². The molecule has 1 N–H and O–H groups in total. The molecule has 0 atom stereocenters. The van der Waals surface area contributed by atoms with Crippen LogP contribution < -0.4 is 10.2 Å². The number of carbonyl (C=O) groups is 3. The number of nitrogens with zero attached hydrogens (tertiary/aromatic N) is 1. The molecule has 7 heteroatoms. The molecule has 1 aliphatic heterocycles. The van der Waals surface area contributed by atoms with E-state index in [4.69, 9.17) is 0 Å². The predicted octanol–water partition coefficient (Wildman–Crippen LogP) is 1.16. The Kier molecular flexibility index (Phi) is 3.19. The summed E-state index contributed by atoms with van der Waals surface area (Å²) < 4.78 is 26.9. The molecule has 1 saturated carbocycles. The number of anilines is 1. The Balaban J connectivity index is 1.78. The van der Waals surface area contributed by atoms with E-state index in [2.05, 4.69) is 5.32 Å². The van der Waals surface area contributed by atoms with Gasteiger partial charge in [-0.2, -0.15) is 0 Å². The third kappa shape index (κ3) is 2.51. The van der Waals surface area contributed by atoms with Crippen LogP contribution in [0.1, 0.15) is 29.6 Å². The van der Waals surface area contributed by atoms with Crippen LogP contribution in [0.15, 0.2) is 12.1 Å². The molecule has 2 aliphatic rings. The van der Waals surface area contributed by atoms with E-state index in [0.29, 0.717) is 6.07 Å². The number of benzene rings is 1. The predicted molar refractivity (Wildman–Crippen MR) is 68.8 cm³/mol. The van der Waals surface area contributed by atoms with Crippen LogP contribution in [0.2, 0.25) is 0 Å². The summed E-state index contributed by atoms with van der Waals surface area (Å²) in [6.07, 6.45) is 1.83. The van der Waals surface area contributed by atoms with E-state index in [1.165, 1.54) is 0 Å². The summed E-state index contributed by atoms with van der Waals surface area (Å²) in [4.78, 5) is 36.1. The molecule has 1 heterocycles. The van der Waals surface area contributed by atoms with Gasteiger partial charge in [-0.25, -0.2) is 8.78 Å². The van der Waals surface area contributed by atoms with Gasteiger partial charge >= 0.3 is 0 Å². The molecule has 110 valence electrons. The lowest BCUT2D eigenvalue weighted by Crippen LogP contribution is -2.35. The Bertz CT molecular complexity index is 656. The first-order chi connectivity index (χ1) is 9.97. The van der Waals surface area contributed by atoms with Crippen LogP contribution >= 0.6 is 0 Å². The topological polar surface area (TPSA) is 66.5 Å². The molecule has 0 radical (unpaired) electrons. The van der Waals surface area contributed by atoms with Gasteiger partial charge in [0.25, 0.3) is 11.7 Å². The van der Waals surface area contributed by atoms with Crippen molar-refractivity contribution in [2.45, 2.75) is 25.3 Å². The first-order valence-electron chi connectivity index (χ1n) is 6.62. The van der Waals surface area contributed by atoms with Crippen molar-refractivity contribution >= 4 is 23.3 Å².